The van der Waals surface area contributed by atoms with Crippen molar-refractivity contribution in [3.63, 3.8) is 0 Å². The van der Waals surface area contributed by atoms with Gasteiger partial charge < -0.3 is 9.84 Å². The zero-order valence-electron chi connectivity index (χ0n) is 10.7. The van der Waals surface area contributed by atoms with Crippen LogP contribution in [0.5, 0.6) is 0 Å². The van der Waals surface area contributed by atoms with Crippen LogP contribution in [0.25, 0.3) is 0 Å². The molecule has 0 amide bonds. The smallest absolute Gasteiger partial charge is 0.0880 e. The fourth-order valence-corrected chi connectivity index (χ4v) is 2.46. The second kappa shape index (κ2) is 4.84. The fourth-order valence-electron chi connectivity index (χ4n) is 2.46. The second-order valence-electron chi connectivity index (χ2n) is 6.00. The quantitative estimate of drug-likeness (QED) is 0.782. The fraction of sp³-hybridized carbons (Fsp3) is 1.00. The molecule has 1 aliphatic rings. The first-order valence-corrected chi connectivity index (χ1v) is 6.17. The van der Waals surface area contributed by atoms with E-state index in [4.69, 9.17) is 4.74 Å². The van der Waals surface area contributed by atoms with Gasteiger partial charge in [-0.25, -0.2) is 0 Å². The Labute approximate surface area is 94.0 Å². The molecule has 1 fully saturated rings. The average Bonchev–Trinajstić information content (AvgIpc) is 2.14. The van der Waals surface area contributed by atoms with Gasteiger partial charge in [0, 0.05) is 6.61 Å². The molecule has 90 valence electrons. The molecule has 0 unspecified atom stereocenters. The van der Waals surface area contributed by atoms with E-state index in [9.17, 15) is 5.11 Å². The lowest BCUT2D eigenvalue weighted by atomic mass is 9.68. The number of ether oxygens (including phenoxy) is 1. The van der Waals surface area contributed by atoms with Gasteiger partial charge in [-0.15, -0.1) is 0 Å². The molecule has 0 aromatic heterocycles. The molecule has 15 heavy (non-hydrogen) atoms. The van der Waals surface area contributed by atoms with Gasteiger partial charge in [-0.05, 0) is 43.9 Å². The molecule has 0 atom stereocenters. The minimum absolute atomic E-state index is 0.382. The zero-order valence-corrected chi connectivity index (χ0v) is 10.7. The van der Waals surface area contributed by atoms with Crippen LogP contribution in [-0.2, 0) is 4.74 Å². The monoisotopic (exact) mass is 214 g/mol. The summed E-state index contributed by atoms with van der Waals surface area (Å²) in [6.45, 7) is 10.1. The van der Waals surface area contributed by atoms with Gasteiger partial charge in [0.25, 0.3) is 0 Å². The first-order valence-electron chi connectivity index (χ1n) is 6.17. The number of hydrogen-bond acceptors (Lipinski definition) is 2. The zero-order chi connectivity index (χ0) is 11.5. The van der Waals surface area contributed by atoms with Crippen LogP contribution >= 0.6 is 0 Å². The SMILES string of the molecule is CCOCC1(O)CCC(C(C)(C)C)CC1. The molecule has 2 nitrogen and oxygen atoms in total. The summed E-state index contributed by atoms with van der Waals surface area (Å²) in [6, 6.07) is 0. The largest absolute Gasteiger partial charge is 0.387 e. The Bertz CT molecular complexity index is 185. The number of rotatable bonds is 3. The van der Waals surface area contributed by atoms with Gasteiger partial charge in [0.15, 0.2) is 0 Å². The summed E-state index contributed by atoms with van der Waals surface area (Å²) in [5.41, 5.74) is -0.162. The maximum absolute atomic E-state index is 10.3. The van der Waals surface area contributed by atoms with Crippen molar-refractivity contribution in [3.05, 3.63) is 0 Å². The lowest BCUT2D eigenvalue weighted by molar-refractivity contribution is -0.0815. The maximum atomic E-state index is 10.3. The molecule has 0 saturated heterocycles. The van der Waals surface area contributed by atoms with E-state index in [0.717, 1.165) is 31.6 Å². The summed E-state index contributed by atoms with van der Waals surface area (Å²) in [4.78, 5) is 0. The van der Waals surface area contributed by atoms with E-state index in [1.165, 1.54) is 0 Å². The van der Waals surface area contributed by atoms with Gasteiger partial charge in [-0.1, -0.05) is 20.8 Å². The third kappa shape index (κ3) is 3.76. The van der Waals surface area contributed by atoms with Gasteiger partial charge in [0.05, 0.1) is 12.2 Å². The van der Waals surface area contributed by atoms with Crippen molar-refractivity contribution in [2.24, 2.45) is 11.3 Å². The van der Waals surface area contributed by atoms with Gasteiger partial charge >= 0.3 is 0 Å². The lowest BCUT2D eigenvalue weighted by Gasteiger charge is -2.41. The predicted octanol–water partition coefficient (Wildman–Crippen LogP) is 2.99. The van der Waals surface area contributed by atoms with Gasteiger partial charge in [0.2, 0.25) is 0 Å². The van der Waals surface area contributed by atoms with Crippen LogP contribution in [0.15, 0.2) is 0 Å². The minimum Gasteiger partial charge on any atom is -0.387 e. The molecule has 1 rings (SSSR count). The second-order valence-corrected chi connectivity index (χ2v) is 6.00. The average molecular weight is 214 g/mol. The summed E-state index contributed by atoms with van der Waals surface area (Å²) >= 11 is 0. The molecule has 0 spiro atoms. The molecule has 0 aromatic rings. The Balaban J connectivity index is 2.41. The Hall–Kier alpha value is -0.0800. The lowest BCUT2D eigenvalue weighted by Crippen LogP contribution is -2.41. The van der Waals surface area contributed by atoms with Crippen LogP contribution in [0.3, 0.4) is 0 Å². The van der Waals surface area contributed by atoms with Crippen LogP contribution in [-0.4, -0.2) is 23.9 Å². The van der Waals surface area contributed by atoms with Crippen molar-refractivity contribution in [1.29, 1.82) is 0 Å². The number of aliphatic hydroxyl groups is 1. The van der Waals surface area contributed by atoms with E-state index in [1.807, 2.05) is 6.92 Å². The summed E-state index contributed by atoms with van der Waals surface area (Å²) in [5.74, 6) is 0.749. The molecule has 0 aliphatic heterocycles. The molecule has 2 heteroatoms. The highest BCUT2D eigenvalue weighted by molar-refractivity contribution is 4.89. The Morgan fingerprint density at radius 1 is 1.27 bits per heavy atom. The Morgan fingerprint density at radius 2 is 1.80 bits per heavy atom. The summed E-state index contributed by atoms with van der Waals surface area (Å²) < 4.78 is 5.35. The molecule has 0 radical (unpaired) electrons. The van der Waals surface area contributed by atoms with Gasteiger partial charge in [0.1, 0.15) is 0 Å². The summed E-state index contributed by atoms with van der Waals surface area (Å²) in [5, 5.41) is 10.3. The van der Waals surface area contributed by atoms with Crippen LogP contribution in [0.2, 0.25) is 0 Å². The van der Waals surface area contributed by atoms with E-state index >= 15 is 0 Å². The highest BCUT2D eigenvalue weighted by Crippen LogP contribution is 2.41. The van der Waals surface area contributed by atoms with Crippen LogP contribution < -0.4 is 0 Å². The standard InChI is InChI=1S/C13H26O2/c1-5-15-10-13(14)8-6-11(7-9-13)12(2,3)4/h11,14H,5-10H2,1-4H3. The summed E-state index contributed by atoms with van der Waals surface area (Å²) in [7, 11) is 0. The van der Waals surface area contributed by atoms with Crippen molar-refractivity contribution in [3.8, 4) is 0 Å². The molecule has 0 heterocycles. The van der Waals surface area contributed by atoms with E-state index in [1.54, 1.807) is 0 Å². The van der Waals surface area contributed by atoms with Gasteiger partial charge in [-0.3, -0.25) is 0 Å². The van der Waals surface area contributed by atoms with E-state index in [0.29, 0.717) is 18.6 Å². The topological polar surface area (TPSA) is 29.5 Å². The Morgan fingerprint density at radius 3 is 2.20 bits per heavy atom. The third-order valence-electron chi connectivity index (χ3n) is 3.72. The van der Waals surface area contributed by atoms with Crippen molar-refractivity contribution in [2.45, 2.75) is 59.0 Å². The van der Waals surface area contributed by atoms with Crippen LogP contribution in [0.4, 0.5) is 0 Å². The summed E-state index contributed by atoms with van der Waals surface area (Å²) in [6.07, 6.45) is 4.06. The molecule has 0 aromatic carbocycles. The number of hydrogen-bond donors (Lipinski definition) is 1. The highest BCUT2D eigenvalue weighted by atomic mass is 16.5. The first-order chi connectivity index (χ1) is 6.87. The maximum Gasteiger partial charge on any atom is 0.0880 e. The Kier molecular flexibility index (Phi) is 4.19. The predicted molar refractivity (Wildman–Crippen MR) is 62.9 cm³/mol. The molecule has 1 aliphatic carbocycles. The highest BCUT2D eigenvalue weighted by Gasteiger charge is 2.37. The van der Waals surface area contributed by atoms with Crippen molar-refractivity contribution in [1.82, 2.24) is 0 Å². The van der Waals surface area contributed by atoms with Crippen molar-refractivity contribution >= 4 is 0 Å². The molecular weight excluding hydrogens is 188 g/mol. The third-order valence-corrected chi connectivity index (χ3v) is 3.72. The molecule has 0 bridgehead atoms. The molecule has 1 saturated carbocycles. The molecular formula is C13H26O2. The van der Waals surface area contributed by atoms with Crippen molar-refractivity contribution in [2.75, 3.05) is 13.2 Å². The van der Waals surface area contributed by atoms with E-state index in [-0.39, 0.29) is 0 Å². The normalized spacial score (nSPS) is 33.0. The van der Waals surface area contributed by atoms with Crippen LogP contribution in [0, 0.1) is 11.3 Å². The van der Waals surface area contributed by atoms with E-state index < -0.39 is 5.60 Å². The van der Waals surface area contributed by atoms with Crippen LogP contribution in [0.1, 0.15) is 53.4 Å². The van der Waals surface area contributed by atoms with Gasteiger partial charge in [-0.2, -0.15) is 0 Å². The minimum atomic E-state index is -0.544. The van der Waals surface area contributed by atoms with E-state index in [2.05, 4.69) is 20.8 Å². The first kappa shape index (κ1) is 13.0. The molecule has 1 N–H and O–H groups in total. The van der Waals surface area contributed by atoms with Crippen molar-refractivity contribution < 1.29 is 9.84 Å².